The molecule has 2 heterocycles. The molecule has 0 aliphatic carbocycles. The predicted molar refractivity (Wildman–Crippen MR) is 101 cm³/mol. The first-order chi connectivity index (χ1) is 11.1. The smallest absolute Gasteiger partial charge is 0.410 e. The molecule has 0 bridgehead atoms. The summed E-state index contributed by atoms with van der Waals surface area (Å²) >= 11 is 1.91. The minimum atomic E-state index is -0.515. The van der Waals surface area contributed by atoms with E-state index in [4.69, 9.17) is 10.5 Å². The monoisotopic (exact) mass is 449 g/mol. The van der Waals surface area contributed by atoms with Gasteiger partial charge in [0.25, 0.3) is 5.56 Å². The van der Waals surface area contributed by atoms with Gasteiger partial charge in [-0.15, -0.1) is 0 Å². The fraction of sp³-hybridized carbons (Fsp3) is 0.667. The largest absolute Gasteiger partial charge is 0.444 e. The molecule has 1 amide bonds. The summed E-state index contributed by atoms with van der Waals surface area (Å²) < 4.78 is 7.35. The van der Waals surface area contributed by atoms with E-state index in [-0.39, 0.29) is 17.5 Å². The van der Waals surface area contributed by atoms with Gasteiger partial charge in [-0.3, -0.25) is 9.36 Å². The van der Waals surface area contributed by atoms with Crippen LogP contribution in [0.4, 0.5) is 16.6 Å². The maximum atomic E-state index is 12.2. The van der Waals surface area contributed by atoms with Gasteiger partial charge in [0.1, 0.15) is 15.0 Å². The molecule has 0 atom stereocenters. The molecule has 24 heavy (non-hydrogen) atoms. The molecule has 1 saturated heterocycles. The van der Waals surface area contributed by atoms with Crippen LogP contribution in [0.15, 0.2) is 4.79 Å². The predicted octanol–water partition coefficient (Wildman–Crippen LogP) is 1.41. The lowest BCUT2D eigenvalue weighted by molar-refractivity contribution is 0.0263. The fourth-order valence-electron chi connectivity index (χ4n) is 2.49. The van der Waals surface area contributed by atoms with Crippen LogP contribution in [0.1, 0.15) is 27.2 Å². The summed E-state index contributed by atoms with van der Waals surface area (Å²) in [5.74, 6) is 0.769. The van der Waals surface area contributed by atoms with Crippen molar-refractivity contribution in [1.29, 1.82) is 0 Å². The van der Waals surface area contributed by atoms with Crippen LogP contribution in [0.2, 0.25) is 0 Å². The first kappa shape index (κ1) is 18.8. The van der Waals surface area contributed by atoms with Gasteiger partial charge in [-0.2, -0.15) is 4.98 Å². The summed E-state index contributed by atoms with van der Waals surface area (Å²) in [6.07, 6.45) is 0.453. The number of aromatic nitrogens is 2. The Kier molecular flexibility index (Phi) is 5.61. The summed E-state index contributed by atoms with van der Waals surface area (Å²) in [6, 6.07) is 0. The van der Waals surface area contributed by atoms with Crippen molar-refractivity contribution in [3.63, 3.8) is 0 Å². The zero-order chi connectivity index (χ0) is 18.1. The number of nitrogen functional groups attached to an aromatic ring is 1. The van der Waals surface area contributed by atoms with Crippen molar-refractivity contribution >= 4 is 40.5 Å². The second kappa shape index (κ2) is 7.16. The van der Waals surface area contributed by atoms with Crippen LogP contribution >= 0.6 is 22.6 Å². The minimum absolute atomic E-state index is 0.161. The molecule has 0 spiro atoms. The molecule has 0 saturated carbocycles. The highest BCUT2D eigenvalue weighted by Gasteiger charge is 2.26. The third-order valence-corrected chi connectivity index (χ3v) is 4.68. The summed E-state index contributed by atoms with van der Waals surface area (Å²) in [5, 5.41) is 0. The van der Waals surface area contributed by atoms with Crippen molar-refractivity contribution < 1.29 is 9.53 Å². The Morgan fingerprint density at radius 2 is 1.92 bits per heavy atom. The van der Waals surface area contributed by atoms with Crippen molar-refractivity contribution in [1.82, 2.24) is 14.5 Å². The number of carbonyl (C=O) groups excluding carboxylic acids is 1. The Morgan fingerprint density at radius 3 is 2.54 bits per heavy atom. The van der Waals surface area contributed by atoms with E-state index in [0.717, 1.165) is 6.42 Å². The maximum Gasteiger partial charge on any atom is 0.410 e. The first-order valence-electron chi connectivity index (χ1n) is 7.85. The normalized spacial score (nSPS) is 16.0. The topological polar surface area (TPSA) is 93.7 Å². The SMILES string of the molecule is Cn1c(N2CCCN(C(=O)OC(C)(C)C)CC2)nc(N)c(I)c1=O. The van der Waals surface area contributed by atoms with Crippen LogP contribution in [0.3, 0.4) is 0 Å². The standard InChI is InChI=1S/C15H24IN5O3/c1-15(2,3)24-14(23)21-7-5-6-20(8-9-21)13-18-11(17)10(16)12(22)19(13)4/h5-9,17H2,1-4H3. The number of carbonyl (C=O) groups is 1. The average molecular weight is 449 g/mol. The van der Waals surface area contributed by atoms with E-state index in [9.17, 15) is 9.59 Å². The number of nitrogens with zero attached hydrogens (tertiary/aromatic N) is 4. The van der Waals surface area contributed by atoms with Crippen LogP contribution in [-0.2, 0) is 11.8 Å². The Labute approximate surface area is 155 Å². The van der Waals surface area contributed by atoms with E-state index in [1.54, 1.807) is 11.9 Å². The zero-order valence-electron chi connectivity index (χ0n) is 14.5. The van der Waals surface area contributed by atoms with Crippen molar-refractivity contribution in [3.8, 4) is 0 Å². The molecule has 2 N–H and O–H groups in total. The molecule has 0 unspecified atom stereocenters. The zero-order valence-corrected chi connectivity index (χ0v) is 16.7. The lowest BCUT2D eigenvalue weighted by atomic mass is 10.2. The molecule has 1 aliphatic heterocycles. The molecular weight excluding hydrogens is 425 g/mol. The molecule has 2 rings (SSSR count). The quantitative estimate of drug-likeness (QED) is 0.652. The lowest BCUT2D eigenvalue weighted by Gasteiger charge is -2.27. The second-order valence-electron chi connectivity index (χ2n) is 6.78. The van der Waals surface area contributed by atoms with Crippen LogP contribution < -0.4 is 16.2 Å². The van der Waals surface area contributed by atoms with Crippen LogP contribution in [-0.4, -0.2) is 52.3 Å². The lowest BCUT2D eigenvalue weighted by Crippen LogP contribution is -2.40. The number of halogens is 1. The van der Waals surface area contributed by atoms with Gasteiger partial charge in [0.05, 0.1) is 0 Å². The van der Waals surface area contributed by atoms with Crippen molar-refractivity contribution in [2.75, 3.05) is 36.8 Å². The van der Waals surface area contributed by atoms with Crippen LogP contribution in [0.25, 0.3) is 0 Å². The summed E-state index contributed by atoms with van der Waals surface area (Å²) in [6.45, 7) is 7.93. The Hall–Kier alpha value is -1.52. The number of hydrogen-bond acceptors (Lipinski definition) is 6. The number of ether oxygens (including phenoxy) is 1. The maximum absolute atomic E-state index is 12.2. The van der Waals surface area contributed by atoms with E-state index < -0.39 is 5.60 Å². The number of anilines is 2. The van der Waals surface area contributed by atoms with Crippen molar-refractivity contribution in [2.45, 2.75) is 32.8 Å². The van der Waals surface area contributed by atoms with Gasteiger partial charge in [0.15, 0.2) is 0 Å². The van der Waals surface area contributed by atoms with E-state index in [1.807, 2.05) is 48.3 Å². The molecule has 1 aliphatic rings. The Bertz CT molecular complexity index is 683. The van der Waals surface area contributed by atoms with Crippen LogP contribution in [0, 0.1) is 3.57 Å². The Balaban J connectivity index is 2.14. The average Bonchev–Trinajstić information content (AvgIpc) is 2.73. The highest BCUT2D eigenvalue weighted by Crippen LogP contribution is 2.17. The van der Waals surface area contributed by atoms with Gasteiger partial charge < -0.3 is 20.3 Å². The number of hydrogen-bond donors (Lipinski definition) is 1. The number of amides is 1. The highest BCUT2D eigenvalue weighted by molar-refractivity contribution is 14.1. The second-order valence-corrected chi connectivity index (χ2v) is 7.86. The third-order valence-electron chi connectivity index (χ3n) is 3.67. The summed E-state index contributed by atoms with van der Waals surface area (Å²) in [7, 11) is 1.68. The van der Waals surface area contributed by atoms with E-state index >= 15 is 0 Å². The van der Waals surface area contributed by atoms with E-state index in [2.05, 4.69) is 4.98 Å². The third kappa shape index (κ3) is 4.31. The molecule has 0 aromatic carbocycles. The van der Waals surface area contributed by atoms with Gasteiger partial charge in [-0.1, -0.05) is 0 Å². The molecular formula is C15H24IN5O3. The van der Waals surface area contributed by atoms with Gasteiger partial charge in [0.2, 0.25) is 5.95 Å². The molecule has 1 fully saturated rings. The molecule has 1 aromatic heterocycles. The molecule has 134 valence electrons. The van der Waals surface area contributed by atoms with Crippen molar-refractivity contribution in [3.05, 3.63) is 13.9 Å². The van der Waals surface area contributed by atoms with E-state index in [1.165, 1.54) is 4.57 Å². The number of rotatable bonds is 1. The molecule has 8 nitrogen and oxygen atoms in total. The van der Waals surface area contributed by atoms with Crippen LogP contribution in [0.5, 0.6) is 0 Å². The van der Waals surface area contributed by atoms with Gasteiger partial charge in [-0.25, -0.2) is 4.79 Å². The van der Waals surface area contributed by atoms with Crippen molar-refractivity contribution in [2.24, 2.45) is 7.05 Å². The highest BCUT2D eigenvalue weighted by atomic mass is 127. The summed E-state index contributed by atoms with van der Waals surface area (Å²) in [4.78, 5) is 32.4. The summed E-state index contributed by atoms with van der Waals surface area (Å²) in [5.41, 5.74) is 5.16. The molecule has 1 aromatic rings. The molecule has 9 heteroatoms. The first-order valence-corrected chi connectivity index (χ1v) is 8.93. The fourth-order valence-corrected chi connectivity index (χ4v) is 2.97. The van der Waals surface area contributed by atoms with Gasteiger partial charge in [0, 0.05) is 33.2 Å². The number of nitrogens with two attached hydrogens (primary N) is 1. The Morgan fingerprint density at radius 1 is 1.25 bits per heavy atom. The minimum Gasteiger partial charge on any atom is -0.444 e. The molecule has 0 radical (unpaired) electrons. The van der Waals surface area contributed by atoms with E-state index in [0.29, 0.717) is 35.7 Å². The van der Waals surface area contributed by atoms with Gasteiger partial charge in [-0.05, 0) is 49.8 Å². The van der Waals surface area contributed by atoms with Gasteiger partial charge >= 0.3 is 6.09 Å².